The van der Waals surface area contributed by atoms with Gasteiger partial charge >= 0.3 is 0 Å². The van der Waals surface area contributed by atoms with Crippen molar-refractivity contribution in [3.63, 3.8) is 0 Å². The van der Waals surface area contributed by atoms with Gasteiger partial charge in [0.05, 0.1) is 12.5 Å². The molecule has 73 valence electrons. The van der Waals surface area contributed by atoms with E-state index in [0.29, 0.717) is 10.5 Å². The molecule has 0 atom stereocenters. The molecule has 0 aromatic carbocycles. The second-order valence-electron chi connectivity index (χ2n) is 2.33. The van der Waals surface area contributed by atoms with E-state index in [2.05, 4.69) is 13.8 Å². The van der Waals surface area contributed by atoms with Gasteiger partial charge in [-0.25, -0.2) is 0 Å². The molecule has 0 fully saturated rings. The minimum atomic E-state index is -1.50. The summed E-state index contributed by atoms with van der Waals surface area (Å²) in [6, 6.07) is 0. The third-order valence-corrected chi connectivity index (χ3v) is 5.95. The molecule has 0 saturated carbocycles. The maximum Gasteiger partial charge on any atom is 0.214 e. The Morgan fingerprint density at radius 3 is 1.67 bits per heavy atom. The van der Waals surface area contributed by atoms with E-state index in [1.165, 1.54) is 10.6 Å². The third kappa shape index (κ3) is 13.4. The van der Waals surface area contributed by atoms with Gasteiger partial charge in [-0.1, -0.05) is 13.8 Å². The van der Waals surface area contributed by atoms with Crippen LogP contribution < -0.4 is 0 Å². The molecular formula is C6H20AlO3Si2. The fourth-order valence-corrected chi connectivity index (χ4v) is 2.38. The molecule has 3 nitrogen and oxygen atoms in total. The lowest BCUT2D eigenvalue weighted by molar-refractivity contribution is 0.303. The molecule has 0 amide bonds. The normalized spacial score (nSPS) is 9.42. The highest BCUT2D eigenvalue weighted by atomic mass is 28.3. The van der Waals surface area contributed by atoms with E-state index in [1.807, 2.05) is 0 Å². The minimum absolute atomic E-state index is 0.0556. The van der Waals surface area contributed by atoms with E-state index in [9.17, 15) is 0 Å². The van der Waals surface area contributed by atoms with Crippen molar-refractivity contribution in [1.82, 2.24) is 0 Å². The van der Waals surface area contributed by atoms with Gasteiger partial charge < -0.3 is 14.3 Å². The van der Waals surface area contributed by atoms with Gasteiger partial charge in [0.1, 0.15) is 10.5 Å². The smallest absolute Gasteiger partial charge is 0.214 e. The van der Waals surface area contributed by atoms with Gasteiger partial charge in [-0.3, -0.25) is 0 Å². The molecule has 0 aromatic heterocycles. The number of hydrogen-bond donors (Lipinski definition) is 2. The number of aliphatic hydroxyl groups excluding tert-OH is 2. The van der Waals surface area contributed by atoms with Crippen LogP contribution in [0.25, 0.3) is 0 Å². The second kappa shape index (κ2) is 14.4. The predicted molar refractivity (Wildman–Crippen MR) is 59.1 cm³/mol. The zero-order valence-corrected chi connectivity index (χ0v) is 12.6. The Labute approximate surface area is 86.1 Å². The summed E-state index contributed by atoms with van der Waals surface area (Å²) in [7, 11) is -0.865. The average molecular weight is 223 g/mol. The van der Waals surface area contributed by atoms with E-state index < -0.39 is 9.04 Å². The van der Waals surface area contributed by atoms with Crippen molar-refractivity contribution in [2.24, 2.45) is 0 Å². The largest absolute Gasteiger partial charge is 0.463 e. The lowest BCUT2D eigenvalue weighted by atomic mass is 10.9. The van der Waals surface area contributed by atoms with Crippen LogP contribution in [0, 0.1) is 0 Å². The third-order valence-electron chi connectivity index (χ3n) is 1.32. The van der Waals surface area contributed by atoms with Crippen LogP contribution in [-0.4, -0.2) is 57.4 Å². The molecule has 0 aliphatic heterocycles. The van der Waals surface area contributed by atoms with Gasteiger partial charge in [0.25, 0.3) is 0 Å². The van der Waals surface area contributed by atoms with Crippen LogP contribution in [0.15, 0.2) is 0 Å². The van der Waals surface area contributed by atoms with Gasteiger partial charge in [-0.15, -0.1) is 10.6 Å². The first-order chi connectivity index (χ1) is 5.76. The molecule has 0 bridgehead atoms. The number of hydrogen-bond acceptors (Lipinski definition) is 3. The molecule has 1 radical (unpaired) electrons. The van der Waals surface area contributed by atoms with Crippen molar-refractivity contribution in [3.05, 3.63) is 0 Å². The Balaban J connectivity index is 0. The maximum atomic E-state index is 8.32. The Hall–Kier alpha value is 0.846. The monoisotopic (exact) mass is 223 g/mol. The quantitative estimate of drug-likeness (QED) is 0.566. The van der Waals surface area contributed by atoms with Gasteiger partial charge in [-0.05, 0) is 0 Å². The topological polar surface area (TPSA) is 49.7 Å². The fourth-order valence-electron chi connectivity index (χ4n) is 0.495. The van der Waals surface area contributed by atoms with E-state index in [4.69, 9.17) is 14.3 Å². The van der Waals surface area contributed by atoms with Crippen LogP contribution in [0.2, 0.25) is 10.6 Å². The van der Waals surface area contributed by atoms with E-state index in [1.54, 1.807) is 0 Å². The van der Waals surface area contributed by atoms with Crippen molar-refractivity contribution in [2.75, 3.05) is 12.5 Å². The Morgan fingerprint density at radius 2 is 1.67 bits per heavy atom. The first-order valence-corrected chi connectivity index (χ1v) is 8.88. The molecule has 6 heteroatoms. The van der Waals surface area contributed by atoms with Crippen molar-refractivity contribution in [2.45, 2.75) is 24.4 Å². The molecular weight excluding hydrogens is 203 g/mol. The molecule has 12 heavy (non-hydrogen) atoms. The predicted octanol–water partition coefficient (Wildman–Crippen LogP) is -1.36. The van der Waals surface area contributed by atoms with E-state index in [-0.39, 0.29) is 12.5 Å². The number of rotatable bonds is 5. The summed E-state index contributed by atoms with van der Waals surface area (Å²) in [4.78, 5) is 0. The summed E-state index contributed by atoms with van der Waals surface area (Å²) in [5.74, 6) is 0. The highest BCUT2D eigenvalue weighted by molar-refractivity contribution is 6.55. The zero-order valence-electron chi connectivity index (χ0n) is 8.29. The Kier molecular flexibility index (Phi) is 18.4. The standard InChI is InChI=1S/C2H10O3Si2.2C2H5.Al/c3-1-7(2-4)5-6;2*1-2;/h3-4,7H,1-2H2,6H3;2*1H2,2H3;. The lowest BCUT2D eigenvalue weighted by Gasteiger charge is -2.03. The van der Waals surface area contributed by atoms with Gasteiger partial charge in [0.15, 0.2) is 15.2 Å². The van der Waals surface area contributed by atoms with Gasteiger partial charge in [0, 0.05) is 0 Å². The molecule has 0 aliphatic carbocycles. The summed E-state index contributed by atoms with van der Waals surface area (Å²) in [6.45, 7) is 4.50. The molecule has 0 rings (SSSR count). The van der Waals surface area contributed by atoms with Crippen LogP contribution >= 0.6 is 0 Å². The van der Waals surface area contributed by atoms with Crippen LogP contribution in [0.5, 0.6) is 0 Å². The highest BCUT2D eigenvalue weighted by Gasteiger charge is 2.02. The highest BCUT2D eigenvalue weighted by Crippen LogP contribution is 1.77. The van der Waals surface area contributed by atoms with Gasteiger partial charge in [-0.2, -0.15) is 0 Å². The minimum Gasteiger partial charge on any atom is -0.463 e. The van der Waals surface area contributed by atoms with Crippen molar-refractivity contribution in [1.29, 1.82) is 0 Å². The summed E-state index contributed by atoms with van der Waals surface area (Å²) < 4.78 is 4.83. The fraction of sp³-hybridized carbons (Fsp3) is 1.00. The first kappa shape index (κ1) is 15.3. The molecule has 0 aliphatic rings. The van der Waals surface area contributed by atoms with Crippen molar-refractivity contribution >= 4 is 34.7 Å². The van der Waals surface area contributed by atoms with E-state index >= 15 is 0 Å². The molecule has 0 aromatic rings. The summed E-state index contributed by atoms with van der Waals surface area (Å²) >= 11 is 0.815. The molecule has 0 spiro atoms. The van der Waals surface area contributed by atoms with Crippen LogP contribution in [0.1, 0.15) is 13.8 Å². The van der Waals surface area contributed by atoms with E-state index in [0.717, 1.165) is 15.2 Å². The average Bonchev–Trinajstić information content (AvgIpc) is 2.10. The van der Waals surface area contributed by atoms with Crippen LogP contribution in [0.3, 0.4) is 0 Å². The molecule has 0 unspecified atom stereocenters. The first-order valence-electron chi connectivity index (χ1n) is 4.32. The summed E-state index contributed by atoms with van der Waals surface area (Å²) in [5.41, 5.74) is 0. The Morgan fingerprint density at radius 1 is 1.25 bits per heavy atom. The summed E-state index contributed by atoms with van der Waals surface area (Å²) in [6.07, 6.45) is 0.111. The van der Waals surface area contributed by atoms with Crippen molar-refractivity contribution in [3.8, 4) is 0 Å². The van der Waals surface area contributed by atoms with Crippen molar-refractivity contribution < 1.29 is 14.3 Å². The SMILES string of the molecule is C[CH2][Al][CH2]C.OC[SiH](CO)O[SiH3]. The summed E-state index contributed by atoms with van der Waals surface area (Å²) in [5, 5.41) is 19.5. The Bertz CT molecular complexity index is 66.3. The number of aliphatic hydroxyl groups is 2. The van der Waals surface area contributed by atoms with Crippen LogP contribution in [0.4, 0.5) is 0 Å². The van der Waals surface area contributed by atoms with Crippen LogP contribution in [-0.2, 0) is 4.12 Å². The molecule has 0 heterocycles. The molecule has 2 N–H and O–H groups in total. The second-order valence-corrected chi connectivity index (χ2v) is 8.40. The molecule has 0 saturated heterocycles. The lowest BCUT2D eigenvalue weighted by Crippen LogP contribution is -2.26. The van der Waals surface area contributed by atoms with Gasteiger partial charge in [0.2, 0.25) is 9.04 Å². The zero-order chi connectivity index (χ0) is 9.82. The maximum absolute atomic E-state index is 8.32.